The fourth-order valence-electron chi connectivity index (χ4n) is 0.933. The number of hydrogen-bond donors (Lipinski definition) is 0. The fraction of sp³-hybridized carbons (Fsp3) is 0.455. The minimum Gasteiger partial charge on any atom is -0.371 e. The van der Waals surface area contributed by atoms with Crippen LogP contribution >= 0.6 is 27.5 Å². The molecule has 0 bridgehead atoms. The van der Waals surface area contributed by atoms with Gasteiger partial charge in [-0.2, -0.15) is 0 Å². The van der Waals surface area contributed by atoms with Crippen molar-refractivity contribution >= 4 is 27.5 Å². The van der Waals surface area contributed by atoms with Crippen LogP contribution in [0.2, 0.25) is 5.02 Å². The molecule has 0 aliphatic carbocycles. The maximum Gasteiger partial charge on any atom is 0.0738 e. The molecule has 0 spiro atoms. The quantitative estimate of drug-likeness (QED) is 0.777. The lowest BCUT2D eigenvalue weighted by atomic mass is 10.2. The Morgan fingerprint density at radius 2 is 2.00 bits per heavy atom. The summed E-state index contributed by atoms with van der Waals surface area (Å²) in [7, 11) is 0. The summed E-state index contributed by atoms with van der Waals surface area (Å²) in [5.74, 6) is 0. The number of benzene rings is 1. The van der Waals surface area contributed by atoms with Crippen LogP contribution in [0.25, 0.3) is 0 Å². The normalized spacial score (nSPS) is 11.8. The molecule has 0 fully saturated rings. The Labute approximate surface area is 98.5 Å². The van der Waals surface area contributed by atoms with Crippen LogP contribution in [0.3, 0.4) is 0 Å². The third-order valence-electron chi connectivity index (χ3n) is 1.68. The van der Waals surface area contributed by atoms with Gasteiger partial charge in [-0.05, 0) is 38.5 Å². The Morgan fingerprint density at radius 1 is 1.36 bits per heavy atom. The highest BCUT2D eigenvalue weighted by Gasteiger charge is 2.11. The van der Waals surface area contributed by atoms with Gasteiger partial charge in [0.1, 0.15) is 0 Å². The number of hydrogen-bond acceptors (Lipinski definition) is 1. The van der Waals surface area contributed by atoms with E-state index < -0.39 is 0 Å². The Bertz CT molecular complexity index is 318. The number of ether oxygens (including phenoxy) is 1. The van der Waals surface area contributed by atoms with Crippen LogP contribution in [0, 0.1) is 0 Å². The maximum absolute atomic E-state index is 6.05. The van der Waals surface area contributed by atoms with Gasteiger partial charge in [0.15, 0.2) is 0 Å². The number of halogens is 2. The minimum atomic E-state index is -0.129. The molecule has 0 saturated carbocycles. The average Bonchev–Trinajstić information content (AvgIpc) is 2.00. The molecule has 0 radical (unpaired) electrons. The third kappa shape index (κ3) is 3.99. The van der Waals surface area contributed by atoms with E-state index in [2.05, 4.69) is 15.9 Å². The van der Waals surface area contributed by atoms with E-state index in [9.17, 15) is 0 Å². The van der Waals surface area contributed by atoms with Crippen molar-refractivity contribution in [1.82, 2.24) is 0 Å². The smallest absolute Gasteiger partial charge is 0.0738 e. The molecule has 0 unspecified atom stereocenters. The van der Waals surface area contributed by atoms with Crippen LogP contribution in [0.4, 0.5) is 0 Å². The molecule has 1 aromatic rings. The van der Waals surface area contributed by atoms with Gasteiger partial charge in [0.05, 0.1) is 12.2 Å². The second kappa shape index (κ2) is 4.65. The third-order valence-corrected chi connectivity index (χ3v) is 2.52. The summed E-state index contributed by atoms with van der Waals surface area (Å²) in [4.78, 5) is 0. The lowest BCUT2D eigenvalue weighted by Crippen LogP contribution is -2.18. The molecule has 0 aromatic heterocycles. The first kappa shape index (κ1) is 12.0. The van der Waals surface area contributed by atoms with Gasteiger partial charge < -0.3 is 4.74 Å². The van der Waals surface area contributed by atoms with Crippen molar-refractivity contribution in [2.24, 2.45) is 0 Å². The van der Waals surface area contributed by atoms with Crippen molar-refractivity contribution in [2.75, 3.05) is 0 Å². The second-order valence-corrected chi connectivity index (χ2v) is 5.46. The van der Waals surface area contributed by atoms with E-state index in [0.717, 1.165) is 15.1 Å². The van der Waals surface area contributed by atoms with E-state index >= 15 is 0 Å². The van der Waals surface area contributed by atoms with E-state index in [-0.39, 0.29) is 5.60 Å². The van der Waals surface area contributed by atoms with E-state index in [0.29, 0.717) is 6.61 Å². The van der Waals surface area contributed by atoms with Crippen molar-refractivity contribution in [1.29, 1.82) is 0 Å². The molecule has 0 aliphatic heterocycles. The minimum absolute atomic E-state index is 0.129. The summed E-state index contributed by atoms with van der Waals surface area (Å²) in [6.45, 7) is 6.63. The van der Waals surface area contributed by atoms with Gasteiger partial charge in [0.25, 0.3) is 0 Å². The zero-order chi connectivity index (χ0) is 10.8. The summed E-state index contributed by atoms with van der Waals surface area (Å²) >= 11 is 9.41. The Balaban J connectivity index is 2.68. The monoisotopic (exact) mass is 276 g/mol. The van der Waals surface area contributed by atoms with Crippen LogP contribution < -0.4 is 0 Å². The molecule has 1 nitrogen and oxygen atoms in total. The van der Waals surface area contributed by atoms with Crippen LogP contribution in [-0.2, 0) is 11.3 Å². The van der Waals surface area contributed by atoms with Crippen molar-refractivity contribution in [3.8, 4) is 0 Å². The summed E-state index contributed by atoms with van der Waals surface area (Å²) in [5.41, 5.74) is 0.890. The largest absolute Gasteiger partial charge is 0.371 e. The lowest BCUT2D eigenvalue weighted by Gasteiger charge is -2.19. The van der Waals surface area contributed by atoms with E-state index in [1.165, 1.54) is 0 Å². The highest BCUT2D eigenvalue weighted by Crippen LogP contribution is 2.23. The molecular weight excluding hydrogens is 263 g/mol. The second-order valence-electron chi connectivity index (χ2n) is 4.14. The molecule has 14 heavy (non-hydrogen) atoms. The van der Waals surface area contributed by atoms with E-state index in [1.54, 1.807) is 0 Å². The molecule has 0 amide bonds. The van der Waals surface area contributed by atoms with Gasteiger partial charge in [0.2, 0.25) is 0 Å². The molecule has 0 saturated heterocycles. The first-order valence-corrected chi connectivity index (χ1v) is 5.63. The van der Waals surface area contributed by atoms with Crippen LogP contribution in [-0.4, -0.2) is 5.60 Å². The standard InChI is InChI=1S/C11H14BrClO/c1-11(2,3)14-7-8-4-5-9(12)6-10(8)13/h4-6H,7H2,1-3H3. The first-order chi connectivity index (χ1) is 6.38. The molecule has 0 heterocycles. The van der Waals surface area contributed by atoms with Gasteiger partial charge in [-0.15, -0.1) is 0 Å². The SMILES string of the molecule is CC(C)(C)OCc1ccc(Br)cc1Cl. The average molecular weight is 278 g/mol. The zero-order valence-corrected chi connectivity index (χ0v) is 10.9. The molecule has 78 valence electrons. The molecule has 0 atom stereocenters. The van der Waals surface area contributed by atoms with Crippen molar-refractivity contribution < 1.29 is 4.74 Å². The summed E-state index contributed by atoms with van der Waals surface area (Å²) in [6.07, 6.45) is 0. The van der Waals surface area contributed by atoms with Crippen LogP contribution in [0.15, 0.2) is 22.7 Å². The van der Waals surface area contributed by atoms with E-state index in [4.69, 9.17) is 16.3 Å². The summed E-state index contributed by atoms with van der Waals surface area (Å²) < 4.78 is 6.62. The van der Waals surface area contributed by atoms with Crippen molar-refractivity contribution in [2.45, 2.75) is 33.0 Å². The predicted octanol–water partition coefficient (Wildman–Crippen LogP) is 4.42. The topological polar surface area (TPSA) is 9.23 Å². The molecule has 1 aromatic carbocycles. The van der Waals surface area contributed by atoms with Crippen molar-refractivity contribution in [3.63, 3.8) is 0 Å². The maximum atomic E-state index is 6.05. The molecule has 0 aliphatic rings. The zero-order valence-electron chi connectivity index (χ0n) is 8.60. The molecule has 0 N–H and O–H groups in total. The summed E-state index contributed by atoms with van der Waals surface area (Å²) in [6, 6.07) is 5.81. The Kier molecular flexibility index (Phi) is 3.99. The van der Waals surface area contributed by atoms with Gasteiger partial charge in [-0.25, -0.2) is 0 Å². The molecule has 1 rings (SSSR count). The van der Waals surface area contributed by atoms with Gasteiger partial charge >= 0.3 is 0 Å². The lowest BCUT2D eigenvalue weighted by molar-refractivity contribution is -0.0149. The van der Waals surface area contributed by atoms with Gasteiger partial charge in [-0.1, -0.05) is 33.6 Å². The molecular formula is C11H14BrClO. The highest BCUT2D eigenvalue weighted by molar-refractivity contribution is 9.10. The van der Waals surface area contributed by atoms with Crippen LogP contribution in [0.1, 0.15) is 26.3 Å². The van der Waals surface area contributed by atoms with Gasteiger partial charge in [0, 0.05) is 9.50 Å². The first-order valence-electron chi connectivity index (χ1n) is 4.46. The predicted molar refractivity (Wildman–Crippen MR) is 63.7 cm³/mol. The fourth-order valence-corrected chi connectivity index (χ4v) is 1.66. The van der Waals surface area contributed by atoms with Crippen molar-refractivity contribution in [3.05, 3.63) is 33.3 Å². The van der Waals surface area contributed by atoms with Crippen LogP contribution in [0.5, 0.6) is 0 Å². The van der Waals surface area contributed by atoms with E-state index in [1.807, 2.05) is 39.0 Å². The van der Waals surface area contributed by atoms with Gasteiger partial charge in [-0.3, -0.25) is 0 Å². The summed E-state index contributed by atoms with van der Waals surface area (Å²) in [5, 5.41) is 0.739. The Morgan fingerprint density at radius 3 is 2.50 bits per heavy atom. The Hall–Kier alpha value is -0.0500. The number of rotatable bonds is 2. The highest BCUT2D eigenvalue weighted by atomic mass is 79.9. The molecule has 3 heteroatoms.